The maximum Gasteiger partial charge on any atom is 0.294 e. The largest absolute Gasteiger partial charge is 0.348 e. The Hall–Kier alpha value is -2.51. The van der Waals surface area contributed by atoms with Crippen molar-refractivity contribution in [2.75, 3.05) is 18.0 Å². The fourth-order valence-electron chi connectivity index (χ4n) is 3.77. The molecule has 0 unspecified atom stereocenters. The number of benzene rings is 1. The van der Waals surface area contributed by atoms with Crippen LogP contribution in [0.4, 0.5) is 5.13 Å². The van der Waals surface area contributed by atoms with Gasteiger partial charge in [0.25, 0.3) is 5.56 Å². The number of rotatable bonds is 5. The van der Waals surface area contributed by atoms with E-state index in [4.69, 9.17) is 10.1 Å². The molecule has 3 aromatic heterocycles. The molecule has 1 aliphatic heterocycles. The van der Waals surface area contributed by atoms with Crippen molar-refractivity contribution in [3.8, 4) is 10.6 Å². The monoisotopic (exact) mass is 422 g/mol. The maximum atomic E-state index is 13.2. The number of thiophene rings is 1. The minimum Gasteiger partial charge on any atom is -0.348 e. The van der Waals surface area contributed by atoms with Gasteiger partial charge in [-0.15, -0.1) is 11.3 Å². The molecule has 0 N–H and O–H groups in total. The molecular weight excluding hydrogens is 400 g/mol. The standard InChI is InChI=1S/C22H22N4OS2/c27-21-19-20(29-22(23-19)25-12-5-2-6-13-25)18(17-10-7-15-28-17)24-26(21)14-11-16-8-3-1-4-9-16/h1,3-4,7-10,15H,2,5-6,11-14H2. The summed E-state index contributed by atoms with van der Waals surface area (Å²) in [7, 11) is 0. The van der Waals surface area contributed by atoms with Crippen LogP contribution in [-0.4, -0.2) is 27.9 Å². The van der Waals surface area contributed by atoms with Crippen LogP contribution in [0.1, 0.15) is 24.8 Å². The number of hydrogen-bond acceptors (Lipinski definition) is 6. The molecular formula is C22H22N4OS2. The van der Waals surface area contributed by atoms with Crippen molar-refractivity contribution < 1.29 is 0 Å². The van der Waals surface area contributed by atoms with E-state index in [9.17, 15) is 4.79 Å². The lowest BCUT2D eigenvalue weighted by Crippen LogP contribution is -2.29. The van der Waals surface area contributed by atoms with E-state index < -0.39 is 0 Å². The Labute approximate surface area is 177 Å². The quantitative estimate of drug-likeness (QED) is 0.463. The lowest BCUT2D eigenvalue weighted by molar-refractivity contribution is 0.576. The molecule has 0 radical (unpaired) electrons. The van der Waals surface area contributed by atoms with Crippen LogP contribution in [0.25, 0.3) is 20.8 Å². The van der Waals surface area contributed by atoms with Crippen LogP contribution in [-0.2, 0) is 13.0 Å². The molecule has 5 nitrogen and oxygen atoms in total. The van der Waals surface area contributed by atoms with Gasteiger partial charge >= 0.3 is 0 Å². The van der Waals surface area contributed by atoms with Gasteiger partial charge in [-0.2, -0.15) is 5.10 Å². The highest BCUT2D eigenvalue weighted by Gasteiger charge is 2.21. The third kappa shape index (κ3) is 3.72. The number of nitrogens with zero attached hydrogens (tertiary/aromatic N) is 4. The van der Waals surface area contributed by atoms with Crippen molar-refractivity contribution in [2.24, 2.45) is 0 Å². The van der Waals surface area contributed by atoms with Gasteiger partial charge < -0.3 is 4.90 Å². The summed E-state index contributed by atoms with van der Waals surface area (Å²) in [5.41, 5.74) is 2.55. The normalized spacial score (nSPS) is 14.6. The lowest BCUT2D eigenvalue weighted by atomic mass is 10.1. The summed E-state index contributed by atoms with van der Waals surface area (Å²) in [6.45, 7) is 2.58. The fourth-order valence-corrected chi connectivity index (χ4v) is 5.66. The maximum absolute atomic E-state index is 13.2. The highest BCUT2D eigenvalue weighted by molar-refractivity contribution is 7.23. The van der Waals surface area contributed by atoms with Crippen LogP contribution in [0.3, 0.4) is 0 Å². The summed E-state index contributed by atoms with van der Waals surface area (Å²) in [6.07, 6.45) is 4.42. The molecule has 1 fully saturated rings. The molecule has 1 aliphatic rings. The number of fused-ring (bicyclic) bond motifs is 1. The lowest BCUT2D eigenvalue weighted by Gasteiger charge is -2.25. The summed E-state index contributed by atoms with van der Waals surface area (Å²) < 4.78 is 2.51. The number of aromatic nitrogens is 3. The van der Waals surface area contributed by atoms with Gasteiger partial charge in [0, 0.05) is 19.6 Å². The van der Waals surface area contributed by atoms with E-state index in [2.05, 4.69) is 28.5 Å². The van der Waals surface area contributed by atoms with Crippen LogP contribution in [0.15, 0.2) is 52.6 Å². The van der Waals surface area contributed by atoms with E-state index in [1.165, 1.54) is 24.8 Å². The second kappa shape index (κ2) is 8.08. The van der Waals surface area contributed by atoms with E-state index in [1.807, 2.05) is 24.3 Å². The minimum absolute atomic E-state index is 0.0873. The number of piperidine rings is 1. The van der Waals surface area contributed by atoms with Gasteiger partial charge in [0.2, 0.25) is 0 Å². The Balaban J connectivity index is 1.58. The van der Waals surface area contributed by atoms with Crippen molar-refractivity contribution in [2.45, 2.75) is 32.2 Å². The van der Waals surface area contributed by atoms with E-state index in [0.717, 1.165) is 39.9 Å². The Morgan fingerprint density at radius 1 is 1.00 bits per heavy atom. The highest BCUT2D eigenvalue weighted by atomic mass is 32.1. The molecule has 29 heavy (non-hydrogen) atoms. The molecule has 1 aromatic carbocycles. The molecule has 1 saturated heterocycles. The van der Waals surface area contributed by atoms with Gasteiger partial charge in [-0.1, -0.05) is 47.7 Å². The zero-order chi connectivity index (χ0) is 19.6. The van der Waals surface area contributed by atoms with Crippen molar-refractivity contribution in [3.05, 3.63) is 63.8 Å². The third-order valence-electron chi connectivity index (χ3n) is 5.32. The van der Waals surface area contributed by atoms with Gasteiger partial charge in [-0.3, -0.25) is 4.79 Å². The van der Waals surface area contributed by atoms with Gasteiger partial charge in [0.1, 0.15) is 5.69 Å². The summed E-state index contributed by atoms with van der Waals surface area (Å²) >= 11 is 3.26. The topological polar surface area (TPSA) is 51.0 Å². The van der Waals surface area contributed by atoms with E-state index in [1.54, 1.807) is 27.4 Å². The highest BCUT2D eigenvalue weighted by Crippen LogP contribution is 2.36. The summed E-state index contributed by atoms with van der Waals surface area (Å²) in [4.78, 5) is 21.4. The molecule has 0 atom stereocenters. The average Bonchev–Trinajstić information content (AvgIpc) is 3.46. The zero-order valence-electron chi connectivity index (χ0n) is 16.1. The molecule has 0 spiro atoms. The van der Waals surface area contributed by atoms with Crippen molar-refractivity contribution in [1.29, 1.82) is 0 Å². The Morgan fingerprint density at radius 2 is 1.83 bits per heavy atom. The minimum atomic E-state index is -0.0873. The number of thiazole rings is 1. The Bertz CT molecular complexity index is 1160. The first-order valence-corrected chi connectivity index (χ1v) is 11.7. The SMILES string of the molecule is O=c1c2nc(N3CCCCC3)sc2c(-c2cccs2)nn1CCc1ccccc1. The summed E-state index contributed by atoms with van der Waals surface area (Å²) in [6, 6.07) is 14.3. The van der Waals surface area contributed by atoms with Crippen LogP contribution in [0.5, 0.6) is 0 Å². The van der Waals surface area contributed by atoms with E-state index in [0.29, 0.717) is 12.1 Å². The van der Waals surface area contributed by atoms with E-state index >= 15 is 0 Å². The van der Waals surface area contributed by atoms with Gasteiger partial charge in [0.05, 0.1) is 9.58 Å². The second-order valence-electron chi connectivity index (χ2n) is 7.31. The van der Waals surface area contributed by atoms with Crippen molar-refractivity contribution >= 4 is 38.0 Å². The van der Waals surface area contributed by atoms with Crippen LogP contribution in [0, 0.1) is 0 Å². The number of aryl methyl sites for hydroxylation is 2. The van der Waals surface area contributed by atoms with E-state index in [-0.39, 0.29) is 5.56 Å². The third-order valence-corrected chi connectivity index (χ3v) is 7.32. The van der Waals surface area contributed by atoms with Gasteiger partial charge in [-0.05, 0) is 42.7 Å². The molecule has 0 saturated carbocycles. The van der Waals surface area contributed by atoms with Crippen LogP contribution >= 0.6 is 22.7 Å². The predicted octanol–water partition coefficient (Wildman–Crippen LogP) is 4.81. The second-order valence-corrected chi connectivity index (χ2v) is 9.24. The van der Waals surface area contributed by atoms with Crippen LogP contribution in [0.2, 0.25) is 0 Å². The zero-order valence-corrected chi connectivity index (χ0v) is 17.7. The molecule has 5 rings (SSSR count). The molecule has 148 valence electrons. The van der Waals surface area contributed by atoms with Crippen LogP contribution < -0.4 is 10.5 Å². The smallest absolute Gasteiger partial charge is 0.294 e. The van der Waals surface area contributed by atoms with Gasteiger partial charge in [-0.25, -0.2) is 9.67 Å². The first kappa shape index (κ1) is 18.5. The first-order chi connectivity index (χ1) is 14.3. The molecule has 0 aliphatic carbocycles. The molecule has 4 aromatic rings. The van der Waals surface area contributed by atoms with Crippen molar-refractivity contribution in [3.63, 3.8) is 0 Å². The van der Waals surface area contributed by atoms with Gasteiger partial charge in [0.15, 0.2) is 10.6 Å². The molecule has 0 amide bonds. The number of hydrogen-bond donors (Lipinski definition) is 0. The predicted molar refractivity (Wildman–Crippen MR) is 121 cm³/mol. The molecule has 7 heteroatoms. The van der Waals surface area contributed by atoms with Crippen molar-refractivity contribution in [1.82, 2.24) is 14.8 Å². The Morgan fingerprint density at radius 3 is 2.59 bits per heavy atom. The Kier molecular flexibility index (Phi) is 5.16. The number of anilines is 1. The molecule has 0 bridgehead atoms. The summed E-state index contributed by atoms with van der Waals surface area (Å²) in [5, 5.41) is 7.79. The average molecular weight is 423 g/mol. The molecule has 4 heterocycles. The fraction of sp³-hybridized carbons (Fsp3) is 0.318. The first-order valence-electron chi connectivity index (χ1n) is 10.0. The summed E-state index contributed by atoms with van der Waals surface area (Å²) in [5.74, 6) is 0.